The zero-order valence-corrected chi connectivity index (χ0v) is 12.6. The third-order valence-corrected chi connectivity index (χ3v) is 3.29. The molecule has 0 aliphatic heterocycles. The minimum Gasteiger partial charge on any atom is -0.469 e. The van der Waals surface area contributed by atoms with Crippen molar-refractivity contribution in [2.45, 2.75) is 31.6 Å². The maximum Gasteiger partial charge on any atom is 0.330 e. The molecule has 1 atom stereocenters. The summed E-state index contributed by atoms with van der Waals surface area (Å²) in [5.41, 5.74) is 1.14. The van der Waals surface area contributed by atoms with Crippen LogP contribution in [0.3, 0.4) is 0 Å². The molecule has 0 aromatic heterocycles. The number of carbonyl (C=O) groups excluding carboxylic acids is 2. The van der Waals surface area contributed by atoms with Crippen LogP contribution in [0.25, 0.3) is 0 Å². The van der Waals surface area contributed by atoms with E-state index in [1.54, 1.807) is 6.08 Å². The van der Waals surface area contributed by atoms with Gasteiger partial charge in [-0.3, -0.25) is 4.79 Å². The highest BCUT2D eigenvalue weighted by Crippen LogP contribution is 2.26. The maximum absolute atomic E-state index is 11.5. The molecule has 0 spiro atoms. The minimum atomic E-state index is -0.343. The van der Waals surface area contributed by atoms with Crippen LogP contribution < -0.4 is 0 Å². The molecule has 0 heterocycles. The zero-order chi connectivity index (χ0) is 15.5. The molecule has 21 heavy (non-hydrogen) atoms. The van der Waals surface area contributed by atoms with Crippen LogP contribution in [0.2, 0.25) is 0 Å². The molecule has 1 unspecified atom stereocenters. The van der Waals surface area contributed by atoms with Gasteiger partial charge in [0.25, 0.3) is 0 Å². The molecule has 0 amide bonds. The summed E-state index contributed by atoms with van der Waals surface area (Å²) >= 11 is 0. The van der Waals surface area contributed by atoms with Crippen LogP contribution >= 0.6 is 0 Å². The van der Waals surface area contributed by atoms with Crippen LogP contribution in [-0.4, -0.2) is 26.2 Å². The SMILES string of the molecule is COC(=O)/C=C/CCCC(CC(=O)OC)c1ccccc1. The maximum atomic E-state index is 11.5. The summed E-state index contributed by atoms with van der Waals surface area (Å²) in [4.78, 5) is 22.5. The first-order valence-electron chi connectivity index (χ1n) is 7.03. The molecule has 0 aliphatic rings. The van der Waals surface area contributed by atoms with Crippen LogP contribution in [0.4, 0.5) is 0 Å². The van der Waals surface area contributed by atoms with Crippen LogP contribution in [-0.2, 0) is 19.1 Å². The lowest BCUT2D eigenvalue weighted by atomic mass is 9.90. The first-order chi connectivity index (χ1) is 10.2. The molecule has 4 heteroatoms. The Balaban J connectivity index is 2.52. The zero-order valence-electron chi connectivity index (χ0n) is 12.6. The summed E-state index contributed by atoms with van der Waals surface area (Å²) in [5, 5.41) is 0. The van der Waals surface area contributed by atoms with Gasteiger partial charge in [0.1, 0.15) is 0 Å². The Morgan fingerprint density at radius 3 is 2.48 bits per heavy atom. The summed E-state index contributed by atoms with van der Waals surface area (Å²) in [6.45, 7) is 0. The van der Waals surface area contributed by atoms with Crippen molar-refractivity contribution in [2.24, 2.45) is 0 Å². The monoisotopic (exact) mass is 290 g/mol. The van der Waals surface area contributed by atoms with E-state index in [2.05, 4.69) is 4.74 Å². The number of carbonyl (C=O) groups is 2. The van der Waals surface area contributed by atoms with Crippen molar-refractivity contribution in [2.75, 3.05) is 14.2 Å². The standard InChI is InChI=1S/C17H22O4/c1-20-16(18)12-8-4-7-11-15(13-17(19)21-2)14-9-5-3-6-10-14/h3,5-6,8-10,12,15H,4,7,11,13H2,1-2H3/b12-8+. The number of unbranched alkanes of at least 4 members (excludes halogenated alkanes) is 1. The number of hydrogen-bond donors (Lipinski definition) is 0. The number of hydrogen-bond acceptors (Lipinski definition) is 4. The van der Waals surface area contributed by atoms with Gasteiger partial charge in [-0.05, 0) is 30.7 Å². The topological polar surface area (TPSA) is 52.6 Å². The molecule has 0 N–H and O–H groups in total. The Bertz CT molecular complexity index is 465. The molecule has 0 saturated heterocycles. The van der Waals surface area contributed by atoms with Crippen LogP contribution in [0, 0.1) is 0 Å². The quantitative estimate of drug-likeness (QED) is 0.419. The number of ether oxygens (including phenoxy) is 2. The predicted octanol–water partition coefficient (Wildman–Crippen LogP) is 3.23. The van der Waals surface area contributed by atoms with Gasteiger partial charge >= 0.3 is 11.9 Å². The second-order valence-electron chi connectivity index (χ2n) is 4.74. The van der Waals surface area contributed by atoms with Gasteiger partial charge in [0, 0.05) is 6.08 Å². The van der Waals surface area contributed by atoms with E-state index in [0.717, 1.165) is 24.8 Å². The van der Waals surface area contributed by atoms with Gasteiger partial charge in [0.2, 0.25) is 0 Å². The first kappa shape index (κ1) is 17.0. The number of allylic oxidation sites excluding steroid dienone is 1. The van der Waals surface area contributed by atoms with E-state index in [-0.39, 0.29) is 17.9 Å². The van der Waals surface area contributed by atoms with Gasteiger partial charge in [-0.2, -0.15) is 0 Å². The first-order valence-corrected chi connectivity index (χ1v) is 7.03. The van der Waals surface area contributed by atoms with Gasteiger partial charge in [-0.15, -0.1) is 0 Å². The summed E-state index contributed by atoms with van der Waals surface area (Å²) in [7, 11) is 2.76. The van der Waals surface area contributed by atoms with Crippen molar-refractivity contribution in [3.05, 3.63) is 48.0 Å². The molecule has 0 fully saturated rings. The number of methoxy groups -OCH3 is 2. The van der Waals surface area contributed by atoms with Crippen molar-refractivity contribution in [3.63, 3.8) is 0 Å². The van der Waals surface area contributed by atoms with Crippen molar-refractivity contribution in [1.82, 2.24) is 0 Å². The van der Waals surface area contributed by atoms with E-state index in [0.29, 0.717) is 6.42 Å². The predicted molar refractivity (Wildman–Crippen MR) is 80.8 cm³/mol. The third-order valence-electron chi connectivity index (χ3n) is 3.29. The average Bonchev–Trinajstić information content (AvgIpc) is 2.53. The van der Waals surface area contributed by atoms with E-state index in [9.17, 15) is 9.59 Å². The number of benzene rings is 1. The van der Waals surface area contributed by atoms with E-state index in [4.69, 9.17) is 4.74 Å². The van der Waals surface area contributed by atoms with E-state index >= 15 is 0 Å². The van der Waals surface area contributed by atoms with Gasteiger partial charge < -0.3 is 9.47 Å². The molecule has 114 valence electrons. The number of rotatable bonds is 8. The highest BCUT2D eigenvalue weighted by atomic mass is 16.5. The molecule has 0 bridgehead atoms. The van der Waals surface area contributed by atoms with Crippen molar-refractivity contribution < 1.29 is 19.1 Å². The van der Waals surface area contributed by atoms with Crippen LogP contribution in [0.15, 0.2) is 42.5 Å². The molecule has 1 rings (SSSR count). The second-order valence-corrected chi connectivity index (χ2v) is 4.74. The van der Waals surface area contributed by atoms with Crippen molar-refractivity contribution in [3.8, 4) is 0 Å². The highest BCUT2D eigenvalue weighted by Gasteiger charge is 2.15. The largest absolute Gasteiger partial charge is 0.469 e. The average molecular weight is 290 g/mol. The molecule has 1 aromatic carbocycles. The Morgan fingerprint density at radius 1 is 1.14 bits per heavy atom. The fourth-order valence-corrected chi connectivity index (χ4v) is 2.13. The summed E-state index contributed by atoms with van der Waals surface area (Å²) < 4.78 is 9.29. The third kappa shape index (κ3) is 6.75. The molecular formula is C17H22O4. The van der Waals surface area contributed by atoms with Crippen molar-refractivity contribution >= 4 is 11.9 Å². The molecule has 0 aliphatic carbocycles. The van der Waals surface area contributed by atoms with Crippen LogP contribution in [0.1, 0.15) is 37.2 Å². The summed E-state index contributed by atoms with van der Waals surface area (Å²) in [5.74, 6) is -0.400. The minimum absolute atomic E-state index is 0.144. The lowest BCUT2D eigenvalue weighted by Crippen LogP contribution is -2.08. The summed E-state index contributed by atoms with van der Waals surface area (Å²) in [6, 6.07) is 9.95. The lowest BCUT2D eigenvalue weighted by molar-refractivity contribution is -0.141. The Hall–Kier alpha value is -2.10. The Labute approximate surface area is 125 Å². The molecule has 0 radical (unpaired) electrons. The smallest absolute Gasteiger partial charge is 0.330 e. The lowest BCUT2D eigenvalue weighted by Gasteiger charge is -2.15. The van der Waals surface area contributed by atoms with Gasteiger partial charge in [-0.1, -0.05) is 36.4 Å². The highest BCUT2D eigenvalue weighted by molar-refractivity contribution is 5.81. The normalized spacial score (nSPS) is 12.1. The fraction of sp³-hybridized carbons (Fsp3) is 0.412. The van der Waals surface area contributed by atoms with E-state index in [1.165, 1.54) is 20.3 Å². The molecule has 1 aromatic rings. The molecular weight excluding hydrogens is 268 g/mol. The van der Waals surface area contributed by atoms with Crippen LogP contribution in [0.5, 0.6) is 0 Å². The second kappa shape index (κ2) is 9.75. The van der Waals surface area contributed by atoms with Gasteiger partial charge in [0.05, 0.1) is 20.6 Å². The number of esters is 2. The Morgan fingerprint density at radius 2 is 1.86 bits per heavy atom. The Kier molecular flexibility index (Phi) is 7.87. The van der Waals surface area contributed by atoms with Gasteiger partial charge in [-0.25, -0.2) is 4.79 Å². The fourth-order valence-electron chi connectivity index (χ4n) is 2.13. The van der Waals surface area contributed by atoms with E-state index < -0.39 is 0 Å². The van der Waals surface area contributed by atoms with E-state index in [1.807, 2.05) is 30.3 Å². The molecule has 0 saturated carbocycles. The van der Waals surface area contributed by atoms with Gasteiger partial charge in [0.15, 0.2) is 0 Å². The van der Waals surface area contributed by atoms with Crippen molar-refractivity contribution in [1.29, 1.82) is 0 Å². The summed E-state index contributed by atoms with van der Waals surface area (Å²) in [6.07, 6.45) is 6.14. The molecule has 4 nitrogen and oxygen atoms in total.